The summed E-state index contributed by atoms with van der Waals surface area (Å²) in [5, 5.41) is 3.50. The molecule has 0 atom stereocenters. The molecule has 0 aromatic heterocycles. The lowest BCUT2D eigenvalue weighted by atomic mass is 9.80. The third-order valence-electron chi connectivity index (χ3n) is 3.58. The van der Waals surface area contributed by atoms with Crippen molar-refractivity contribution >= 4 is 0 Å². The molecule has 1 aromatic carbocycles. The van der Waals surface area contributed by atoms with Gasteiger partial charge < -0.3 is 14.8 Å². The van der Waals surface area contributed by atoms with Crippen LogP contribution in [0.25, 0.3) is 0 Å². The van der Waals surface area contributed by atoms with Crippen LogP contribution in [-0.4, -0.2) is 27.3 Å². The normalized spacial score (nSPS) is 11.8. The number of rotatable bonds is 8. The molecule has 0 radical (unpaired) electrons. The lowest BCUT2D eigenvalue weighted by molar-refractivity contribution is 0.351. The summed E-state index contributed by atoms with van der Waals surface area (Å²) in [5.41, 5.74) is 1.15. The van der Waals surface area contributed by atoms with Crippen LogP contribution in [0.4, 0.5) is 0 Å². The minimum Gasteiger partial charge on any atom is -0.496 e. The fraction of sp³-hybridized carbons (Fsp3) is 0.647. The third-order valence-corrected chi connectivity index (χ3v) is 3.58. The molecule has 0 spiro atoms. The van der Waals surface area contributed by atoms with Gasteiger partial charge in [0.15, 0.2) is 0 Å². The van der Waals surface area contributed by atoms with E-state index in [1.807, 2.05) is 18.2 Å². The summed E-state index contributed by atoms with van der Waals surface area (Å²) in [6.45, 7) is 11.0. The van der Waals surface area contributed by atoms with E-state index in [2.05, 4.69) is 33.0 Å². The van der Waals surface area contributed by atoms with Crippen molar-refractivity contribution in [3.8, 4) is 11.5 Å². The first-order chi connectivity index (χ1) is 9.42. The molecular weight excluding hydrogens is 250 g/mol. The molecule has 0 saturated carbocycles. The van der Waals surface area contributed by atoms with E-state index in [1.165, 1.54) is 0 Å². The smallest absolute Gasteiger partial charge is 0.126 e. The maximum Gasteiger partial charge on any atom is 0.126 e. The molecule has 0 aliphatic rings. The number of methoxy groups -OCH3 is 2. The van der Waals surface area contributed by atoms with Crippen LogP contribution in [0.1, 0.15) is 39.7 Å². The molecule has 0 amide bonds. The van der Waals surface area contributed by atoms with Gasteiger partial charge in [-0.25, -0.2) is 0 Å². The lowest BCUT2D eigenvalue weighted by Crippen LogP contribution is -2.28. The van der Waals surface area contributed by atoms with Gasteiger partial charge in [0.05, 0.1) is 14.2 Å². The second-order valence-corrected chi connectivity index (χ2v) is 6.27. The first-order valence-corrected chi connectivity index (χ1v) is 7.34. The molecule has 0 unspecified atom stereocenters. The van der Waals surface area contributed by atoms with Crippen molar-refractivity contribution in [2.75, 3.05) is 27.3 Å². The topological polar surface area (TPSA) is 30.5 Å². The Morgan fingerprint density at radius 1 is 1.10 bits per heavy atom. The molecule has 20 heavy (non-hydrogen) atoms. The predicted octanol–water partition coefficient (Wildman–Crippen LogP) is 3.62. The van der Waals surface area contributed by atoms with Crippen molar-refractivity contribution in [1.29, 1.82) is 0 Å². The Balaban J connectivity index is 2.85. The van der Waals surface area contributed by atoms with E-state index in [0.717, 1.165) is 36.6 Å². The Morgan fingerprint density at radius 3 is 2.10 bits per heavy atom. The molecule has 0 heterocycles. The zero-order valence-electron chi connectivity index (χ0n) is 13.7. The van der Waals surface area contributed by atoms with E-state index < -0.39 is 0 Å². The maximum atomic E-state index is 5.52. The molecule has 1 rings (SSSR count). The van der Waals surface area contributed by atoms with Crippen molar-refractivity contribution in [3.05, 3.63) is 23.8 Å². The highest BCUT2D eigenvalue weighted by molar-refractivity contribution is 5.49. The van der Waals surface area contributed by atoms with Crippen LogP contribution < -0.4 is 14.8 Å². The van der Waals surface area contributed by atoms with Crippen LogP contribution in [0.5, 0.6) is 11.5 Å². The number of hydrogen-bond donors (Lipinski definition) is 1. The van der Waals surface area contributed by atoms with Gasteiger partial charge >= 0.3 is 0 Å². The van der Waals surface area contributed by atoms with Gasteiger partial charge in [-0.1, -0.05) is 33.8 Å². The Morgan fingerprint density at radius 2 is 1.65 bits per heavy atom. The van der Waals surface area contributed by atoms with Crippen LogP contribution >= 0.6 is 0 Å². The van der Waals surface area contributed by atoms with Crippen molar-refractivity contribution in [3.63, 3.8) is 0 Å². The molecular formula is C17H29NO2. The van der Waals surface area contributed by atoms with Gasteiger partial charge in [-0.2, -0.15) is 0 Å². The zero-order chi connectivity index (χ0) is 15.2. The van der Waals surface area contributed by atoms with E-state index in [-0.39, 0.29) is 5.41 Å². The van der Waals surface area contributed by atoms with Crippen LogP contribution in [0, 0.1) is 5.92 Å². The second-order valence-electron chi connectivity index (χ2n) is 6.27. The average Bonchev–Trinajstić information content (AvgIpc) is 2.42. The van der Waals surface area contributed by atoms with E-state index in [1.54, 1.807) is 14.2 Å². The third kappa shape index (κ3) is 4.41. The minimum atomic E-state index is 0.00191. The Labute approximate surface area is 123 Å². The molecule has 0 saturated heterocycles. The Kier molecular flexibility index (Phi) is 6.34. The number of nitrogens with one attached hydrogen (secondary N) is 1. The average molecular weight is 279 g/mol. The molecule has 0 bridgehead atoms. The summed E-state index contributed by atoms with van der Waals surface area (Å²) in [6.07, 6.45) is 1.04. The molecule has 0 fully saturated rings. The highest BCUT2D eigenvalue weighted by Gasteiger charge is 2.27. The predicted molar refractivity (Wildman–Crippen MR) is 84.9 cm³/mol. The van der Waals surface area contributed by atoms with Crippen molar-refractivity contribution in [2.45, 2.75) is 39.5 Å². The fourth-order valence-corrected chi connectivity index (χ4v) is 2.43. The zero-order valence-corrected chi connectivity index (χ0v) is 13.7. The second kappa shape index (κ2) is 7.53. The van der Waals surface area contributed by atoms with E-state index >= 15 is 0 Å². The van der Waals surface area contributed by atoms with Gasteiger partial charge in [0.25, 0.3) is 0 Å². The van der Waals surface area contributed by atoms with E-state index in [0.29, 0.717) is 5.92 Å². The van der Waals surface area contributed by atoms with Gasteiger partial charge in [-0.15, -0.1) is 0 Å². The molecule has 3 nitrogen and oxygen atoms in total. The van der Waals surface area contributed by atoms with Crippen LogP contribution in [-0.2, 0) is 5.41 Å². The van der Waals surface area contributed by atoms with Gasteiger partial charge in [-0.05, 0) is 43.0 Å². The van der Waals surface area contributed by atoms with E-state index in [9.17, 15) is 0 Å². The van der Waals surface area contributed by atoms with Gasteiger partial charge in [0.1, 0.15) is 11.5 Å². The van der Waals surface area contributed by atoms with Crippen molar-refractivity contribution < 1.29 is 9.47 Å². The van der Waals surface area contributed by atoms with Gasteiger partial charge in [0.2, 0.25) is 0 Å². The van der Waals surface area contributed by atoms with Crippen molar-refractivity contribution in [2.24, 2.45) is 5.92 Å². The maximum absolute atomic E-state index is 5.52. The van der Waals surface area contributed by atoms with Gasteiger partial charge in [0, 0.05) is 5.56 Å². The number of benzene rings is 1. The van der Waals surface area contributed by atoms with Gasteiger partial charge in [-0.3, -0.25) is 0 Å². The molecule has 114 valence electrons. The standard InChI is InChI=1S/C17H29NO2/c1-13(2)12-18-11-10-17(3,4)16-14(19-5)8-7-9-15(16)20-6/h7-9,13,18H,10-12H2,1-6H3. The van der Waals surface area contributed by atoms with Crippen LogP contribution in [0.3, 0.4) is 0 Å². The first kappa shape index (κ1) is 16.8. The Bertz CT molecular complexity index is 391. The highest BCUT2D eigenvalue weighted by Crippen LogP contribution is 2.40. The van der Waals surface area contributed by atoms with Crippen LogP contribution in [0.15, 0.2) is 18.2 Å². The summed E-state index contributed by atoms with van der Waals surface area (Å²) < 4.78 is 11.0. The SMILES string of the molecule is COc1cccc(OC)c1C(C)(C)CCNCC(C)C. The molecule has 3 heteroatoms. The summed E-state index contributed by atoms with van der Waals surface area (Å²) in [5.74, 6) is 2.48. The number of ether oxygens (including phenoxy) is 2. The molecule has 1 aromatic rings. The highest BCUT2D eigenvalue weighted by atomic mass is 16.5. The lowest BCUT2D eigenvalue weighted by Gasteiger charge is -2.29. The fourth-order valence-electron chi connectivity index (χ4n) is 2.43. The summed E-state index contributed by atoms with van der Waals surface area (Å²) in [6, 6.07) is 5.97. The quantitative estimate of drug-likeness (QED) is 0.737. The molecule has 0 aliphatic carbocycles. The number of hydrogen-bond acceptors (Lipinski definition) is 3. The minimum absolute atomic E-state index is 0.00191. The van der Waals surface area contributed by atoms with Crippen molar-refractivity contribution in [1.82, 2.24) is 5.32 Å². The summed E-state index contributed by atoms with van der Waals surface area (Å²) in [4.78, 5) is 0. The monoisotopic (exact) mass is 279 g/mol. The first-order valence-electron chi connectivity index (χ1n) is 7.34. The summed E-state index contributed by atoms with van der Waals surface area (Å²) >= 11 is 0. The van der Waals surface area contributed by atoms with E-state index in [4.69, 9.17) is 9.47 Å². The largest absolute Gasteiger partial charge is 0.496 e. The summed E-state index contributed by atoms with van der Waals surface area (Å²) in [7, 11) is 3.43. The Hall–Kier alpha value is -1.22. The van der Waals surface area contributed by atoms with Crippen LogP contribution in [0.2, 0.25) is 0 Å². The molecule has 1 N–H and O–H groups in total. The molecule has 0 aliphatic heterocycles.